The Bertz CT molecular complexity index is 461. The Morgan fingerprint density at radius 2 is 2.09 bits per heavy atom. The SMILES string of the molecule is CCCCCNC(=O)Nc1ccc(N2CCOC(C)C2)cc1. The number of hydrogen-bond donors (Lipinski definition) is 2. The fraction of sp³-hybridized carbons (Fsp3) is 0.588. The van der Waals surface area contributed by atoms with Gasteiger partial charge in [-0.2, -0.15) is 0 Å². The van der Waals surface area contributed by atoms with Crippen molar-refractivity contribution in [3.05, 3.63) is 24.3 Å². The van der Waals surface area contributed by atoms with Crippen LogP contribution in [-0.4, -0.2) is 38.4 Å². The number of rotatable bonds is 6. The molecule has 1 heterocycles. The molecule has 0 radical (unpaired) electrons. The Balaban J connectivity index is 1.80. The maximum absolute atomic E-state index is 11.8. The van der Waals surface area contributed by atoms with Crippen molar-refractivity contribution in [3.8, 4) is 0 Å². The van der Waals surface area contributed by atoms with Gasteiger partial charge in [-0.25, -0.2) is 4.79 Å². The first-order chi connectivity index (χ1) is 10.7. The second-order valence-corrected chi connectivity index (χ2v) is 5.76. The van der Waals surface area contributed by atoms with Crippen LogP contribution in [0.2, 0.25) is 0 Å². The number of morpholine rings is 1. The van der Waals surface area contributed by atoms with Crippen LogP contribution in [0.4, 0.5) is 16.2 Å². The summed E-state index contributed by atoms with van der Waals surface area (Å²) >= 11 is 0. The summed E-state index contributed by atoms with van der Waals surface area (Å²) in [6, 6.07) is 7.85. The first kappa shape index (κ1) is 16.6. The summed E-state index contributed by atoms with van der Waals surface area (Å²) in [5.41, 5.74) is 1.99. The number of nitrogens with zero attached hydrogens (tertiary/aromatic N) is 1. The fourth-order valence-corrected chi connectivity index (χ4v) is 2.56. The average molecular weight is 305 g/mol. The van der Waals surface area contributed by atoms with E-state index >= 15 is 0 Å². The molecular weight excluding hydrogens is 278 g/mol. The number of carbonyl (C=O) groups excluding carboxylic acids is 1. The van der Waals surface area contributed by atoms with Gasteiger partial charge in [0.1, 0.15) is 0 Å². The zero-order chi connectivity index (χ0) is 15.8. The molecule has 2 amide bonds. The van der Waals surface area contributed by atoms with Crippen molar-refractivity contribution in [2.24, 2.45) is 0 Å². The average Bonchev–Trinajstić information content (AvgIpc) is 2.52. The number of nitrogens with one attached hydrogen (secondary N) is 2. The van der Waals surface area contributed by atoms with Gasteiger partial charge in [0, 0.05) is 31.0 Å². The topological polar surface area (TPSA) is 53.6 Å². The number of ether oxygens (including phenoxy) is 1. The molecule has 1 aromatic rings. The van der Waals surface area contributed by atoms with Crippen molar-refractivity contribution in [3.63, 3.8) is 0 Å². The van der Waals surface area contributed by atoms with E-state index in [9.17, 15) is 4.79 Å². The van der Waals surface area contributed by atoms with Crippen LogP contribution in [0.1, 0.15) is 33.1 Å². The van der Waals surface area contributed by atoms with Gasteiger partial charge in [-0.1, -0.05) is 19.8 Å². The molecule has 5 heteroatoms. The van der Waals surface area contributed by atoms with Crippen molar-refractivity contribution in [1.29, 1.82) is 0 Å². The van der Waals surface area contributed by atoms with Crippen LogP contribution in [0.25, 0.3) is 0 Å². The number of unbranched alkanes of at least 4 members (excludes halogenated alkanes) is 2. The summed E-state index contributed by atoms with van der Waals surface area (Å²) in [5.74, 6) is 0. The Morgan fingerprint density at radius 3 is 2.77 bits per heavy atom. The zero-order valence-corrected chi connectivity index (χ0v) is 13.6. The van der Waals surface area contributed by atoms with E-state index < -0.39 is 0 Å². The lowest BCUT2D eigenvalue weighted by atomic mass is 10.2. The maximum atomic E-state index is 11.8. The Morgan fingerprint density at radius 1 is 1.32 bits per heavy atom. The standard InChI is InChI=1S/C17H27N3O2/c1-3-4-5-10-18-17(21)19-15-6-8-16(9-7-15)20-11-12-22-14(2)13-20/h6-9,14H,3-5,10-13H2,1-2H3,(H2,18,19,21). The molecule has 1 atom stereocenters. The monoisotopic (exact) mass is 305 g/mol. The smallest absolute Gasteiger partial charge is 0.319 e. The third kappa shape index (κ3) is 5.22. The first-order valence-electron chi connectivity index (χ1n) is 8.20. The van der Waals surface area contributed by atoms with E-state index in [1.807, 2.05) is 24.3 Å². The minimum atomic E-state index is -0.135. The lowest BCUT2D eigenvalue weighted by Crippen LogP contribution is -2.41. The number of hydrogen-bond acceptors (Lipinski definition) is 3. The van der Waals surface area contributed by atoms with E-state index in [-0.39, 0.29) is 12.1 Å². The van der Waals surface area contributed by atoms with Gasteiger partial charge in [-0.3, -0.25) is 0 Å². The van der Waals surface area contributed by atoms with E-state index in [2.05, 4.69) is 29.4 Å². The van der Waals surface area contributed by atoms with Crippen LogP contribution < -0.4 is 15.5 Å². The minimum absolute atomic E-state index is 0.135. The normalized spacial score (nSPS) is 18.1. The number of amides is 2. The van der Waals surface area contributed by atoms with Crippen molar-refractivity contribution >= 4 is 17.4 Å². The predicted octanol–water partition coefficient (Wildman–Crippen LogP) is 3.22. The van der Waals surface area contributed by atoms with Gasteiger partial charge < -0.3 is 20.3 Å². The second-order valence-electron chi connectivity index (χ2n) is 5.76. The minimum Gasteiger partial charge on any atom is -0.375 e. The number of anilines is 2. The highest BCUT2D eigenvalue weighted by atomic mass is 16.5. The number of urea groups is 1. The van der Waals surface area contributed by atoms with E-state index in [1.165, 1.54) is 5.69 Å². The molecule has 2 N–H and O–H groups in total. The zero-order valence-electron chi connectivity index (χ0n) is 13.6. The van der Waals surface area contributed by atoms with Crippen molar-refractivity contribution < 1.29 is 9.53 Å². The highest BCUT2D eigenvalue weighted by Crippen LogP contribution is 2.20. The molecule has 1 unspecified atom stereocenters. The molecule has 122 valence electrons. The molecule has 0 spiro atoms. The van der Waals surface area contributed by atoms with Gasteiger partial charge in [0.25, 0.3) is 0 Å². The molecule has 2 rings (SSSR count). The van der Waals surface area contributed by atoms with Gasteiger partial charge in [0.05, 0.1) is 12.7 Å². The summed E-state index contributed by atoms with van der Waals surface area (Å²) in [5, 5.41) is 5.74. The van der Waals surface area contributed by atoms with Crippen LogP contribution in [-0.2, 0) is 4.74 Å². The number of carbonyl (C=O) groups is 1. The van der Waals surface area contributed by atoms with Crippen molar-refractivity contribution in [2.75, 3.05) is 36.5 Å². The summed E-state index contributed by atoms with van der Waals surface area (Å²) in [6.07, 6.45) is 3.59. The Hall–Kier alpha value is -1.75. The molecule has 5 nitrogen and oxygen atoms in total. The molecule has 1 aromatic carbocycles. The van der Waals surface area contributed by atoms with E-state index in [0.717, 1.165) is 51.2 Å². The quantitative estimate of drug-likeness (QED) is 0.793. The van der Waals surface area contributed by atoms with E-state index in [0.29, 0.717) is 0 Å². The third-order valence-electron chi connectivity index (χ3n) is 3.80. The van der Waals surface area contributed by atoms with Crippen LogP contribution in [0, 0.1) is 0 Å². The van der Waals surface area contributed by atoms with Gasteiger partial charge in [0.2, 0.25) is 0 Å². The summed E-state index contributed by atoms with van der Waals surface area (Å²) in [4.78, 5) is 14.1. The molecule has 0 aromatic heterocycles. The predicted molar refractivity (Wildman–Crippen MR) is 90.6 cm³/mol. The Labute approximate surface area is 133 Å². The Kier molecular flexibility index (Phi) is 6.52. The highest BCUT2D eigenvalue weighted by Gasteiger charge is 2.16. The van der Waals surface area contributed by atoms with Crippen LogP contribution >= 0.6 is 0 Å². The lowest BCUT2D eigenvalue weighted by molar-refractivity contribution is 0.0532. The molecule has 1 saturated heterocycles. The maximum Gasteiger partial charge on any atom is 0.319 e. The van der Waals surface area contributed by atoms with E-state index in [4.69, 9.17) is 4.74 Å². The molecular formula is C17H27N3O2. The van der Waals surface area contributed by atoms with E-state index in [1.54, 1.807) is 0 Å². The van der Waals surface area contributed by atoms with Crippen molar-refractivity contribution in [2.45, 2.75) is 39.2 Å². The molecule has 22 heavy (non-hydrogen) atoms. The van der Waals surface area contributed by atoms with Gasteiger partial charge >= 0.3 is 6.03 Å². The van der Waals surface area contributed by atoms with Crippen LogP contribution in [0.5, 0.6) is 0 Å². The van der Waals surface area contributed by atoms with Gasteiger partial charge in [-0.05, 0) is 37.6 Å². The summed E-state index contributed by atoms with van der Waals surface area (Å²) in [6.45, 7) is 7.55. The second kappa shape index (κ2) is 8.63. The first-order valence-corrected chi connectivity index (χ1v) is 8.20. The lowest BCUT2D eigenvalue weighted by Gasteiger charge is -2.33. The molecule has 0 saturated carbocycles. The van der Waals surface area contributed by atoms with Crippen LogP contribution in [0.15, 0.2) is 24.3 Å². The van der Waals surface area contributed by atoms with Crippen LogP contribution in [0.3, 0.4) is 0 Å². The summed E-state index contributed by atoms with van der Waals surface area (Å²) in [7, 11) is 0. The number of benzene rings is 1. The highest BCUT2D eigenvalue weighted by molar-refractivity contribution is 5.89. The molecule has 1 aliphatic heterocycles. The fourth-order valence-electron chi connectivity index (χ4n) is 2.56. The largest absolute Gasteiger partial charge is 0.375 e. The third-order valence-corrected chi connectivity index (χ3v) is 3.80. The molecule has 0 bridgehead atoms. The van der Waals surface area contributed by atoms with Gasteiger partial charge in [0.15, 0.2) is 0 Å². The summed E-state index contributed by atoms with van der Waals surface area (Å²) < 4.78 is 5.55. The molecule has 0 aliphatic carbocycles. The molecule has 1 fully saturated rings. The van der Waals surface area contributed by atoms with Crippen molar-refractivity contribution in [1.82, 2.24) is 5.32 Å². The van der Waals surface area contributed by atoms with Gasteiger partial charge in [-0.15, -0.1) is 0 Å². The molecule has 1 aliphatic rings.